The van der Waals surface area contributed by atoms with Gasteiger partial charge in [0.25, 0.3) is 5.91 Å². The highest BCUT2D eigenvalue weighted by molar-refractivity contribution is 5.94. The van der Waals surface area contributed by atoms with Gasteiger partial charge in [-0.15, -0.1) is 0 Å². The predicted octanol–water partition coefficient (Wildman–Crippen LogP) is 4.63. The fraction of sp³-hybridized carbons (Fsp3) is 0.0952. The first-order chi connectivity index (χ1) is 11.3. The highest BCUT2D eigenvalue weighted by Crippen LogP contribution is 2.24. The Kier molecular flexibility index (Phi) is 4.53. The highest BCUT2D eigenvalue weighted by atomic mass is 16.2. The van der Waals surface area contributed by atoms with E-state index >= 15 is 0 Å². The maximum atomic E-state index is 12.5. The number of nitrogens with zero attached hydrogens (tertiary/aromatic N) is 1. The molecule has 0 radical (unpaired) electrons. The van der Waals surface area contributed by atoms with Gasteiger partial charge in [-0.1, -0.05) is 72.8 Å². The summed E-state index contributed by atoms with van der Waals surface area (Å²) in [5, 5.41) is 0. The van der Waals surface area contributed by atoms with Gasteiger partial charge >= 0.3 is 0 Å². The summed E-state index contributed by atoms with van der Waals surface area (Å²) in [6.07, 6.45) is 0. The molecule has 0 unspecified atom stereocenters. The lowest BCUT2D eigenvalue weighted by Gasteiger charge is -2.19. The first-order valence-electron chi connectivity index (χ1n) is 7.69. The minimum Gasteiger partial charge on any atom is -0.337 e. The average molecular weight is 301 g/mol. The Morgan fingerprint density at radius 2 is 1.35 bits per heavy atom. The molecule has 2 heteroatoms. The van der Waals surface area contributed by atoms with Crippen LogP contribution in [-0.4, -0.2) is 17.9 Å². The Balaban J connectivity index is 1.85. The number of hydrogen-bond acceptors (Lipinski definition) is 1. The van der Waals surface area contributed by atoms with Gasteiger partial charge in [0.1, 0.15) is 0 Å². The number of carbonyl (C=O) groups excluding carboxylic acids is 1. The molecule has 0 aliphatic carbocycles. The van der Waals surface area contributed by atoms with Gasteiger partial charge in [0, 0.05) is 19.2 Å². The molecule has 23 heavy (non-hydrogen) atoms. The molecule has 1 amide bonds. The van der Waals surface area contributed by atoms with E-state index in [9.17, 15) is 4.79 Å². The molecule has 0 heterocycles. The van der Waals surface area contributed by atoms with Crippen molar-refractivity contribution in [3.05, 3.63) is 96.1 Å². The summed E-state index contributed by atoms with van der Waals surface area (Å²) >= 11 is 0. The summed E-state index contributed by atoms with van der Waals surface area (Å²) in [5.41, 5.74) is 4.20. The van der Waals surface area contributed by atoms with E-state index in [1.54, 1.807) is 4.90 Å². The molecule has 0 saturated heterocycles. The molecule has 0 fully saturated rings. The normalized spacial score (nSPS) is 10.3. The lowest BCUT2D eigenvalue weighted by Crippen LogP contribution is -2.26. The molecule has 3 aromatic carbocycles. The molecule has 0 bridgehead atoms. The van der Waals surface area contributed by atoms with Gasteiger partial charge in [-0.05, 0) is 28.8 Å². The second kappa shape index (κ2) is 6.93. The van der Waals surface area contributed by atoms with Gasteiger partial charge in [-0.25, -0.2) is 0 Å². The quantitative estimate of drug-likeness (QED) is 0.688. The van der Waals surface area contributed by atoms with Gasteiger partial charge < -0.3 is 4.90 Å². The standard InChI is InChI=1S/C21H19NO/c1-22(21(23)18-12-6-3-7-13-18)16-19-14-8-9-15-20(19)17-10-4-2-5-11-17/h2-15H,16H2,1H3. The van der Waals surface area contributed by atoms with Gasteiger partial charge in [0.05, 0.1) is 0 Å². The maximum absolute atomic E-state index is 12.5. The monoisotopic (exact) mass is 301 g/mol. The van der Waals surface area contributed by atoms with Gasteiger partial charge in [-0.3, -0.25) is 4.79 Å². The number of amides is 1. The van der Waals surface area contributed by atoms with Crippen LogP contribution < -0.4 is 0 Å². The molecule has 0 saturated carbocycles. The van der Waals surface area contributed by atoms with Crippen molar-refractivity contribution in [2.24, 2.45) is 0 Å². The van der Waals surface area contributed by atoms with E-state index in [4.69, 9.17) is 0 Å². The third-order valence-electron chi connectivity index (χ3n) is 3.88. The van der Waals surface area contributed by atoms with Crippen LogP contribution in [0.2, 0.25) is 0 Å². The van der Waals surface area contributed by atoms with Crippen molar-refractivity contribution >= 4 is 5.91 Å². The Bertz CT molecular complexity index is 781. The lowest BCUT2D eigenvalue weighted by atomic mass is 9.99. The summed E-state index contributed by atoms with van der Waals surface area (Å²) in [4.78, 5) is 14.3. The Labute approximate surface area is 137 Å². The van der Waals surface area contributed by atoms with E-state index in [1.807, 2.05) is 67.7 Å². The predicted molar refractivity (Wildman–Crippen MR) is 94.1 cm³/mol. The number of hydrogen-bond donors (Lipinski definition) is 0. The fourth-order valence-electron chi connectivity index (χ4n) is 2.69. The van der Waals surface area contributed by atoms with Gasteiger partial charge in [0.2, 0.25) is 0 Å². The molecule has 0 atom stereocenters. The van der Waals surface area contributed by atoms with Gasteiger partial charge in [-0.2, -0.15) is 0 Å². The average Bonchev–Trinajstić information content (AvgIpc) is 2.63. The summed E-state index contributed by atoms with van der Waals surface area (Å²) < 4.78 is 0. The van der Waals surface area contributed by atoms with Crippen LogP contribution in [0.15, 0.2) is 84.9 Å². The van der Waals surface area contributed by atoms with Crippen LogP contribution in [0.1, 0.15) is 15.9 Å². The first-order valence-corrected chi connectivity index (χ1v) is 7.69. The number of benzene rings is 3. The van der Waals surface area contributed by atoms with Crippen LogP contribution in [-0.2, 0) is 6.54 Å². The Morgan fingerprint density at radius 1 is 0.783 bits per heavy atom. The van der Waals surface area contributed by atoms with Crippen LogP contribution in [0.4, 0.5) is 0 Å². The third-order valence-corrected chi connectivity index (χ3v) is 3.88. The Hall–Kier alpha value is -2.87. The summed E-state index contributed by atoms with van der Waals surface area (Å²) in [5.74, 6) is 0.0356. The summed E-state index contributed by atoms with van der Waals surface area (Å²) in [7, 11) is 1.84. The van der Waals surface area contributed by atoms with E-state index in [2.05, 4.69) is 24.3 Å². The van der Waals surface area contributed by atoms with Crippen molar-refractivity contribution in [3.8, 4) is 11.1 Å². The SMILES string of the molecule is CN(Cc1ccccc1-c1ccccc1)C(=O)c1ccccc1. The van der Waals surface area contributed by atoms with Crippen molar-refractivity contribution in [3.63, 3.8) is 0 Å². The highest BCUT2D eigenvalue weighted by Gasteiger charge is 2.13. The summed E-state index contributed by atoms with van der Waals surface area (Å²) in [6.45, 7) is 0.582. The molecule has 3 rings (SSSR count). The molecule has 0 aliphatic heterocycles. The molecule has 0 spiro atoms. The number of rotatable bonds is 4. The second-order valence-electron chi connectivity index (χ2n) is 5.55. The van der Waals surface area contributed by atoms with E-state index < -0.39 is 0 Å². The summed E-state index contributed by atoms with van der Waals surface area (Å²) in [6, 6.07) is 27.9. The molecular weight excluding hydrogens is 282 g/mol. The maximum Gasteiger partial charge on any atom is 0.253 e. The molecule has 0 aliphatic rings. The largest absolute Gasteiger partial charge is 0.337 e. The van der Waals surface area contributed by atoms with Crippen LogP contribution in [0.25, 0.3) is 11.1 Å². The minimum absolute atomic E-state index is 0.0356. The van der Waals surface area contributed by atoms with E-state index in [0.717, 1.165) is 5.56 Å². The third kappa shape index (κ3) is 3.49. The molecule has 114 valence electrons. The lowest BCUT2D eigenvalue weighted by molar-refractivity contribution is 0.0785. The molecule has 2 nitrogen and oxygen atoms in total. The van der Waals surface area contributed by atoms with Crippen LogP contribution in [0.5, 0.6) is 0 Å². The fourth-order valence-corrected chi connectivity index (χ4v) is 2.69. The number of carbonyl (C=O) groups is 1. The first kappa shape index (κ1) is 15.0. The van der Waals surface area contributed by atoms with E-state index in [1.165, 1.54) is 11.1 Å². The van der Waals surface area contributed by atoms with E-state index in [0.29, 0.717) is 12.1 Å². The molecular formula is C21H19NO. The van der Waals surface area contributed by atoms with Crippen LogP contribution >= 0.6 is 0 Å². The minimum atomic E-state index is 0.0356. The zero-order valence-corrected chi connectivity index (χ0v) is 13.1. The van der Waals surface area contributed by atoms with Gasteiger partial charge in [0.15, 0.2) is 0 Å². The van der Waals surface area contributed by atoms with Crippen molar-refractivity contribution in [2.75, 3.05) is 7.05 Å². The molecule has 0 N–H and O–H groups in total. The van der Waals surface area contributed by atoms with Crippen molar-refractivity contribution in [2.45, 2.75) is 6.54 Å². The zero-order valence-electron chi connectivity index (χ0n) is 13.1. The van der Waals surface area contributed by atoms with Crippen LogP contribution in [0, 0.1) is 0 Å². The topological polar surface area (TPSA) is 20.3 Å². The van der Waals surface area contributed by atoms with Crippen molar-refractivity contribution < 1.29 is 4.79 Å². The Morgan fingerprint density at radius 3 is 2.04 bits per heavy atom. The molecule has 3 aromatic rings. The zero-order chi connectivity index (χ0) is 16.1. The van der Waals surface area contributed by atoms with Crippen LogP contribution in [0.3, 0.4) is 0 Å². The van der Waals surface area contributed by atoms with Crippen molar-refractivity contribution in [1.29, 1.82) is 0 Å². The van der Waals surface area contributed by atoms with E-state index in [-0.39, 0.29) is 5.91 Å². The second-order valence-corrected chi connectivity index (χ2v) is 5.55. The molecule has 0 aromatic heterocycles. The van der Waals surface area contributed by atoms with Crippen molar-refractivity contribution in [1.82, 2.24) is 4.90 Å². The smallest absolute Gasteiger partial charge is 0.253 e.